The van der Waals surface area contributed by atoms with Gasteiger partial charge in [-0.15, -0.1) is 0 Å². The van der Waals surface area contributed by atoms with Gasteiger partial charge in [-0.05, 0) is 49.6 Å². The van der Waals surface area contributed by atoms with Gasteiger partial charge in [0.15, 0.2) is 0 Å². The van der Waals surface area contributed by atoms with E-state index in [4.69, 9.17) is 16.9 Å². The number of pyridine rings is 1. The van der Waals surface area contributed by atoms with E-state index < -0.39 is 0 Å². The minimum Gasteiger partial charge on any atom is -0.357 e. The van der Waals surface area contributed by atoms with Crippen LogP contribution in [-0.4, -0.2) is 24.0 Å². The minimum absolute atomic E-state index is 0.0204. The summed E-state index contributed by atoms with van der Waals surface area (Å²) in [4.78, 5) is 19.0. The smallest absolute Gasteiger partial charge is 0.227 e. The van der Waals surface area contributed by atoms with Crippen molar-refractivity contribution in [3.05, 3.63) is 52.7 Å². The van der Waals surface area contributed by atoms with Crippen molar-refractivity contribution in [2.75, 3.05) is 23.3 Å². The number of nitrogens with zero attached hydrogens (tertiary/aromatic N) is 3. The standard InChI is InChI=1S/C19H19ClN4O/c1-13-16(20)3-2-4-17(13)23-19(25)15-7-9-24(10-8-15)18-6-5-14(11-21)12-22-18/h2-6,12,15H,7-10H2,1H3,(H,23,25). The van der Waals surface area contributed by atoms with E-state index in [9.17, 15) is 4.79 Å². The van der Waals surface area contributed by atoms with Crippen LogP contribution in [0.4, 0.5) is 11.5 Å². The number of piperidine rings is 1. The van der Waals surface area contributed by atoms with Crippen molar-refractivity contribution >= 4 is 29.0 Å². The molecule has 1 fully saturated rings. The monoisotopic (exact) mass is 354 g/mol. The number of benzene rings is 1. The number of nitrogens with one attached hydrogen (secondary N) is 1. The normalized spacial score (nSPS) is 14.8. The van der Waals surface area contributed by atoms with Crippen molar-refractivity contribution < 1.29 is 4.79 Å². The van der Waals surface area contributed by atoms with Crippen molar-refractivity contribution in [2.45, 2.75) is 19.8 Å². The molecule has 0 atom stereocenters. The zero-order valence-corrected chi connectivity index (χ0v) is 14.8. The third-order valence-corrected chi connectivity index (χ3v) is 5.00. The van der Waals surface area contributed by atoms with Gasteiger partial charge in [0.25, 0.3) is 0 Å². The lowest BCUT2D eigenvalue weighted by molar-refractivity contribution is -0.120. The highest BCUT2D eigenvalue weighted by Crippen LogP contribution is 2.26. The van der Waals surface area contributed by atoms with Crippen molar-refractivity contribution in [2.24, 2.45) is 5.92 Å². The molecule has 1 N–H and O–H groups in total. The van der Waals surface area contributed by atoms with Gasteiger partial charge < -0.3 is 10.2 Å². The molecule has 2 aromatic rings. The SMILES string of the molecule is Cc1c(Cl)cccc1NC(=O)C1CCN(c2ccc(C#N)cn2)CC1. The Bertz CT molecular complexity index is 805. The van der Waals surface area contributed by atoms with Crippen LogP contribution in [0.15, 0.2) is 36.5 Å². The van der Waals surface area contributed by atoms with Gasteiger partial charge in [0.2, 0.25) is 5.91 Å². The fourth-order valence-corrected chi connectivity index (χ4v) is 3.16. The summed E-state index contributed by atoms with van der Waals surface area (Å²) < 4.78 is 0. The summed E-state index contributed by atoms with van der Waals surface area (Å²) in [6.45, 7) is 3.44. The van der Waals surface area contributed by atoms with Crippen LogP contribution < -0.4 is 10.2 Å². The highest BCUT2D eigenvalue weighted by atomic mass is 35.5. The minimum atomic E-state index is -0.0204. The zero-order valence-electron chi connectivity index (χ0n) is 14.0. The Hall–Kier alpha value is -2.58. The summed E-state index contributed by atoms with van der Waals surface area (Å²) in [5.74, 6) is 0.870. The first kappa shape index (κ1) is 17.2. The van der Waals surface area contributed by atoms with Gasteiger partial charge in [-0.1, -0.05) is 17.7 Å². The van der Waals surface area contributed by atoms with E-state index in [1.54, 1.807) is 12.3 Å². The number of carbonyl (C=O) groups excluding carboxylic acids is 1. The van der Waals surface area contributed by atoms with Crippen molar-refractivity contribution in [3.8, 4) is 6.07 Å². The number of nitriles is 1. The lowest BCUT2D eigenvalue weighted by atomic mass is 9.95. The highest BCUT2D eigenvalue weighted by Gasteiger charge is 2.26. The van der Waals surface area contributed by atoms with Gasteiger partial charge in [-0.2, -0.15) is 5.26 Å². The molecule has 0 aliphatic carbocycles. The van der Waals surface area contributed by atoms with E-state index in [0.29, 0.717) is 10.6 Å². The van der Waals surface area contributed by atoms with Gasteiger partial charge in [-0.3, -0.25) is 4.79 Å². The summed E-state index contributed by atoms with van der Waals surface area (Å²) >= 11 is 6.11. The predicted octanol–water partition coefficient (Wildman–Crippen LogP) is 3.77. The van der Waals surface area contributed by atoms with Gasteiger partial charge in [-0.25, -0.2) is 4.98 Å². The number of aromatic nitrogens is 1. The quantitative estimate of drug-likeness (QED) is 0.910. The average molecular weight is 355 g/mol. The molecule has 3 rings (SSSR count). The lowest BCUT2D eigenvalue weighted by Crippen LogP contribution is -2.38. The van der Waals surface area contributed by atoms with E-state index in [-0.39, 0.29) is 11.8 Å². The first-order valence-electron chi connectivity index (χ1n) is 8.25. The first-order valence-corrected chi connectivity index (χ1v) is 8.63. The van der Waals surface area contributed by atoms with Crippen LogP contribution in [-0.2, 0) is 4.79 Å². The van der Waals surface area contributed by atoms with Crippen LogP contribution in [0.25, 0.3) is 0 Å². The summed E-state index contributed by atoms with van der Waals surface area (Å²) in [5, 5.41) is 12.5. The fourth-order valence-electron chi connectivity index (χ4n) is 2.99. The fraction of sp³-hybridized carbons (Fsp3) is 0.316. The molecule has 128 valence electrons. The van der Waals surface area contributed by atoms with Crippen molar-refractivity contribution in [3.63, 3.8) is 0 Å². The molecule has 1 aromatic carbocycles. The molecule has 25 heavy (non-hydrogen) atoms. The first-order chi connectivity index (χ1) is 12.1. The van der Waals surface area contributed by atoms with Crippen LogP contribution in [0.3, 0.4) is 0 Å². The maximum absolute atomic E-state index is 12.5. The van der Waals surface area contributed by atoms with Crippen LogP contribution in [0, 0.1) is 24.2 Å². The van der Waals surface area contributed by atoms with Crippen LogP contribution in [0.1, 0.15) is 24.0 Å². The number of carbonyl (C=O) groups is 1. The summed E-state index contributed by atoms with van der Waals surface area (Å²) in [5.41, 5.74) is 2.21. The third kappa shape index (κ3) is 3.92. The average Bonchev–Trinajstić information content (AvgIpc) is 2.65. The maximum atomic E-state index is 12.5. The van der Waals surface area contributed by atoms with Crippen LogP contribution in [0.5, 0.6) is 0 Å². The molecule has 1 saturated heterocycles. The van der Waals surface area contributed by atoms with Crippen molar-refractivity contribution in [1.82, 2.24) is 4.98 Å². The Morgan fingerprint density at radius 1 is 1.32 bits per heavy atom. The van der Waals surface area contributed by atoms with Crippen LogP contribution in [0.2, 0.25) is 5.02 Å². The predicted molar refractivity (Wildman–Crippen MR) is 98.7 cm³/mol. The Morgan fingerprint density at radius 2 is 2.08 bits per heavy atom. The second-order valence-electron chi connectivity index (χ2n) is 6.18. The van der Waals surface area contributed by atoms with Crippen molar-refractivity contribution in [1.29, 1.82) is 5.26 Å². The third-order valence-electron chi connectivity index (χ3n) is 4.59. The molecular formula is C19H19ClN4O. The number of hydrogen-bond acceptors (Lipinski definition) is 4. The Morgan fingerprint density at radius 3 is 2.72 bits per heavy atom. The molecule has 1 aliphatic rings. The summed E-state index contributed by atoms with van der Waals surface area (Å²) in [6.07, 6.45) is 3.12. The van der Waals surface area contributed by atoms with Gasteiger partial charge in [0, 0.05) is 35.9 Å². The van der Waals surface area contributed by atoms with E-state index >= 15 is 0 Å². The van der Waals surface area contributed by atoms with Crippen LogP contribution >= 0.6 is 11.6 Å². The summed E-state index contributed by atoms with van der Waals surface area (Å²) in [7, 11) is 0. The number of halogens is 1. The molecule has 0 spiro atoms. The van der Waals surface area contributed by atoms with E-state index in [1.807, 2.05) is 31.2 Å². The van der Waals surface area contributed by atoms with Gasteiger partial charge >= 0.3 is 0 Å². The number of rotatable bonds is 3. The molecule has 0 saturated carbocycles. The van der Waals surface area contributed by atoms with Gasteiger partial charge in [0.1, 0.15) is 11.9 Å². The molecular weight excluding hydrogens is 336 g/mol. The largest absolute Gasteiger partial charge is 0.357 e. The number of amides is 1. The summed E-state index contributed by atoms with van der Waals surface area (Å²) in [6, 6.07) is 11.2. The number of anilines is 2. The molecule has 5 nitrogen and oxygen atoms in total. The second kappa shape index (κ2) is 7.54. The molecule has 0 radical (unpaired) electrons. The van der Waals surface area contributed by atoms with E-state index in [0.717, 1.165) is 43.0 Å². The maximum Gasteiger partial charge on any atom is 0.227 e. The molecule has 2 heterocycles. The molecule has 0 bridgehead atoms. The second-order valence-corrected chi connectivity index (χ2v) is 6.59. The molecule has 0 unspecified atom stereocenters. The lowest BCUT2D eigenvalue weighted by Gasteiger charge is -2.32. The molecule has 6 heteroatoms. The Kier molecular flexibility index (Phi) is 5.20. The number of hydrogen-bond donors (Lipinski definition) is 1. The molecule has 1 aliphatic heterocycles. The van der Waals surface area contributed by atoms with E-state index in [2.05, 4.69) is 21.3 Å². The molecule has 1 aromatic heterocycles. The van der Waals surface area contributed by atoms with Gasteiger partial charge in [0.05, 0.1) is 5.56 Å². The highest BCUT2D eigenvalue weighted by molar-refractivity contribution is 6.31. The topological polar surface area (TPSA) is 69.0 Å². The van der Waals surface area contributed by atoms with E-state index in [1.165, 1.54) is 0 Å². The zero-order chi connectivity index (χ0) is 17.8. The Labute approximate surface area is 152 Å². The Balaban J connectivity index is 1.59. The molecule has 1 amide bonds.